The van der Waals surface area contributed by atoms with Crippen molar-refractivity contribution in [1.82, 2.24) is 9.80 Å². The third kappa shape index (κ3) is 6.24. The van der Waals surface area contributed by atoms with Crippen molar-refractivity contribution in [2.75, 3.05) is 33.9 Å². The average Bonchev–Trinajstić information content (AvgIpc) is 2.98. The Labute approximate surface area is 152 Å². The van der Waals surface area contributed by atoms with Gasteiger partial charge >= 0.3 is 0 Å². The first kappa shape index (κ1) is 18.9. The Hall–Kier alpha value is -1.40. The van der Waals surface area contributed by atoms with E-state index >= 15 is 0 Å². The standard InChI is InChI=1S/C18H23ClN2O2S/c1-20(13-16-8-9-17(19)24-16)18(22)14-21(10-11-23-2)12-15-6-4-3-5-7-15/h3-9H,10-14H2,1-2H3. The van der Waals surface area contributed by atoms with Gasteiger partial charge in [-0.05, 0) is 17.7 Å². The monoisotopic (exact) mass is 366 g/mol. The molecule has 0 aliphatic carbocycles. The summed E-state index contributed by atoms with van der Waals surface area (Å²) in [6.07, 6.45) is 0. The number of amides is 1. The Morgan fingerprint density at radius 3 is 2.54 bits per heavy atom. The van der Waals surface area contributed by atoms with Gasteiger partial charge in [-0.25, -0.2) is 0 Å². The molecule has 0 aliphatic rings. The van der Waals surface area contributed by atoms with E-state index in [2.05, 4.69) is 17.0 Å². The lowest BCUT2D eigenvalue weighted by Crippen LogP contribution is -2.39. The number of hydrogen-bond acceptors (Lipinski definition) is 4. The molecule has 0 atom stereocenters. The number of nitrogens with zero attached hydrogens (tertiary/aromatic N) is 2. The summed E-state index contributed by atoms with van der Waals surface area (Å²) in [5, 5.41) is 0. The number of ether oxygens (including phenoxy) is 1. The number of carbonyl (C=O) groups excluding carboxylic acids is 1. The molecule has 6 heteroatoms. The third-order valence-electron chi connectivity index (χ3n) is 3.67. The number of likely N-dealkylation sites (N-methyl/N-ethyl adjacent to an activating group) is 1. The summed E-state index contributed by atoms with van der Waals surface area (Å²) in [7, 11) is 3.50. The molecule has 0 aliphatic heterocycles. The van der Waals surface area contributed by atoms with Gasteiger partial charge in [0.1, 0.15) is 0 Å². The normalized spacial score (nSPS) is 11.0. The zero-order valence-electron chi connectivity index (χ0n) is 14.1. The molecule has 0 radical (unpaired) electrons. The number of rotatable bonds is 9. The molecule has 4 nitrogen and oxygen atoms in total. The highest BCUT2D eigenvalue weighted by Gasteiger charge is 2.15. The van der Waals surface area contributed by atoms with Crippen LogP contribution in [0.2, 0.25) is 4.34 Å². The van der Waals surface area contributed by atoms with Crippen LogP contribution in [0.3, 0.4) is 0 Å². The molecule has 130 valence electrons. The predicted octanol–water partition coefficient (Wildman–Crippen LogP) is 3.51. The van der Waals surface area contributed by atoms with Gasteiger partial charge in [0.15, 0.2) is 0 Å². The smallest absolute Gasteiger partial charge is 0.236 e. The first-order valence-corrected chi connectivity index (χ1v) is 9.01. The number of methoxy groups -OCH3 is 1. The number of halogens is 1. The van der Waals surface area contributed by atoms with Crippen molar-refractivity contribution in [3.8, 4) is 0 Å². The molecule has 24 heavy (non-hydrogen) atoms. The van der Waals surface area contributed by atoms with E-state index in [9.17, 15) is 4.79 Å². The van der Waals surface area contributed by atoms with Crippen molar-refractivity contribution >= 4 is 28.8 Å². The van der Waals surface area contributed by atoms with Gasteiger partial charge in [-0.15, -0.1) is 11.3 Å². The number of benzene rings is 1. The summed E-state index contributed by atoms with van der Waals surface area (Å²) >= 11 is 7.45. The topological polar surface area (TPSA) is 32.8 Å². The second-order valence-electron chi connectivity index (χ2n) is 5.64. The highest BCUT2D eigenvalue weighted by molar-refractivity contribution is 7.16. The van der Waals surface area contributed by atoms with Crippen LogP contribution in [-0.4, -0.2) is 49.6 Å². The predicted molar refractivity (Wildman–Crippen MR) is 99.4 cm³/mol. The number of thiophene rings is 1. The highest BCUT2D eigenvalue weighted by atomic mass is 35.5. The molecule has 0 spiro atoms. The van der Waals surface area contributed by atoms with Crippen LogP contribution in [0.1, 0.15) is 10.4 Å². The number of carbonyl (C=O) groups is 1. The third-order valence-corrected chi connectivity index (χ3v) is 4.88. The summed E-state index contributed by atoms with van der Waals surface area (Å²) in [6, 6.07) is 14.0. The summed E-state index contributed by atoms with van der Waals surface area (Å²) in [6.45, 7) is 3.00. The van der Waals surface area contributed by atoms with Crippen LogP contribution in [0.15, 0.2) is 42.5 Å². The summed E-state index contributed by atoms with van der Waals surface area (Å²) in [5.74, 6) is 0.0894. The molecule has 0 saturated carbocycles. The van der Waals surface area contributed by atoms with Gasteiger partial charge in [-0.1, -0.05) is 41.9 Å². The van der Waals surface area contributed by atoms with Crippen LogP contribution in [-0.2, 0) is 22.6 Å². The van der Waals surface area contributed by atoms with Gasteiger partial charge in [-0.2, -0.15) is 0 Å². The Kier molecular flexibility index (Phi) is 7.72. The van der Waals surface area contributed by atoms with E-state index in [1.165, 1.54) is 16.9 Å². The van der Waals surface area contributed by atoms with Crippen molar-refractivity contribution in [3.05, 3.63) is 57.2 Å². The molecule has 0 bridgehead atoms. The molecule has 1 aromatic carbocycles. The van der Waals surface area contributed by atoms with Gasteiger partial charge < -0.3 is 9.64 Å². The Balaban J connectivity index is 1.92. The molecule has 2 aromatic rings. The SMILES string of the molecule is COCCN(CC(=O)N(C)Cc1ccc(Cl)s1)Cc1ccccc1. The molecular formula is C18H23ClN2O2S. The Morgan fingerprint density at radius 2 is 1.92 bits per heavy atom. The Bertz CT molecular complexity index is 633. The molecule has 0 unspecified atom stereocenters. The summed E-state index contributed by atoms with van der Waals surface area (Å²) in [4.78, 5) is 17.5. The summed E-state index contributed by atoms with van der Waals surface area (Å²) in [5.41, 5.74) is 1.19. The number of hydrogen-bond donors (Lipinski definition) is 0. The zero-order chi connectivity index (χ0) is 17.4. The van der Waals surface area contributed by atoms with E-state index in [1.54, 1.807) is 12.0 Å². The van der Waals surface area contributed by atoms with Gasteiger partial charge in [0.25, 0.3) is 0 Å². The van der Waals surface area contributed by atoms with Crippen LogP contribution in [0, 0.1) is 0 Å². The first-order chi connectivity index (χ1) is 11.6. The fourth-order valence-corrected chi connectivity index (χ4v) is 3.49. The minimum absolute atomic E-state index is 0.0894. The molecule has 1 aromatic heterocycles. The molecule has 0 saturated heterocycles. The largest absolute Gasteiger partial charge is 0.383 e. The van der Waals surface area contributed by atoms with Crippen molar-refractivity contribution in [1.29, 1.82) is 0 Å². The van der Waals surface area contributed by atoms with Crippen molar-refractivity contribution in [2.45, 2.75) is 13.1 Å². The van der Waals surface area contributed by atoms with Gasteiger partial charge in [-0.3, -0.25) is 9.69 Å². The van der Waals surface area contributed by atoms with Crippen LogP contribution in [0.5, 0.6) is 0 Å². The lowest BCUT2D eigenvalue weighted by atomic mass is 10.2. The average molecular weight is 367 g/mol. The van der Waals surface area contributed by atoms with Crippen LogP contribution in [0.4, 0.5) is 0 Å². The van der Waals surface area contributed by atoms with E-state index < -0.39 is 0 Å². The molecule has 1 amide bonds. The highest BCUT2D eigenvalue weighted by Crippen LogP contribution is 2.22. The van der Waals surface area contributed by atoms with E-state index in [-0.39, 0.29) is 5.91 Å². The van der Waals surface area contributed by atoms with Crippen LogP contribution in [0.25, 0.3) is 0 Å². The molecule has 0 N–H and O–H groups in total. The minimum Gasteiger partial charge on any atom is -0.383 e. The van der Waals surface area contributed by atoms with E-state index in [0.717, 1.165) is 22.3 Å². The molecule has 2 rings (SSSR count). The Morgan fingerprint density at radius 1 is 1.17 bits per heavy atom. The maximum atomic E-state index is 12.5. The lowest BCUT2D eigenvalue weighted by molar-refractivity contribution is -0.131. The van der Waals surface area contributed by atoms with Gasteiger partial charge in [0.2, 0.25) is 5.91 Å². The van der Waals surface area contributed by atoms with E-state index in [1.807, 2.05) is 37.4 Å². The first-order valence-electron chi connectivity index (χ1n) is 7.82. The van der Waals surface area contributed by atoms with Crippen LogP contribution >= 0.6 is 22.9 Å². The molecule has 0 fully saturated rings. The fourth-order valence-electron chi connectivity index (χ4n) is 2.35. The fraction of sp³-hybridized carbons (Fsp3) is 0.389. The second-order valence-corrected chi connectivity index (χ2v) is 7.44. The van der Waals surface area contributed by atoms with Crippen LogP contribution < -0.4 is 0 Å². The van der Waals surface area contributed by atoms with E-state index in [4.69, 9.17) is 16.3 Å². The molecular weight excluding hydrogens is 344 g/mol. The van der Waals surface area contributed by atoms with Crippen molar-refractivity contribution in [2.24, 2.45) is 0 Å². The van der Waals surface area contributed by atoms with E-state index in [0.29, 0.717) is 19.7 Å². The lowest BCUT2D eigenvalue weighted by Gasteiger charge is -2.24. The van der Waals surface area contributed by atoms with Gasteiger partial charge in [0.05, 0.1) is 24.0 Å². The van der Waals surface area contributed by atoms with Crippen molar-refractivity contribution in [3.63, 3.8) is 0 Å². The van der Waals surface area contributed by atoms with Gasteiger partial charge in [0, 0.05) is 32.1 Å². The zero-order valence-corrected chi connectivity index (χ0v) is 15.6. The maximum Gasteiger partial charge on any atom is 0.236 e. The van der Waals surface area contributed by atoms with Crippen molar-refractivity contribution < 1.29 is 9.53 Å². The summed E-state index contributed by atoms with van der Waals surface area (Å²) < 4.78 is 5.92. The maximum absolute atomic E-state index is 12.5. The molecule has 1 heterocycles. The minimum atomic E-state index is 0.0894. The quantitative estimate of drug-likeness (QED) is 0.680. The second kappa shape index (κ2) is 9.79.